The molecular weight excluding hydrogens is 419 g/mol. The molecule has 0 saturated heterocycles. The number of nitrogens with two attached hydrogens (primary N) is 1. The number of rotatable bonds is 4. The van der Waals surface area contributed by atoms with Crippen LogP contribution in [0.3, 0.4) is 0 Å². The summed E-state index contributed by atoms with van der Waals surface area (Å²) < 4.78 is 37.0. The highest BCUT2D eigenvalue weighted by Crippen LogP contribution is 2.32. The summed E-state index contributed by atoms with van der Waals surface area (Å²) in [6.45, 7) is 0. The number of methoxy groups -OCH3 is 1. The summed E-state index contributed by atoms with van der Waals surface area (Å²) in [7, 11) is 1.56. The quantitative estimate of drug-likeness (QED) is 0.489. The molecule has 0 aliphatic rings. The summed E-state index contributed by atoms with van der Waals surface area (Å²) >= 11 is 0. The van der Waals surface area contributed by atoms with Crippen LogP contribution in [-0.2, 0) is 16.0 Å². The number of aromatic nitrogens is 1. The summed E-state index contributed by atoms with van der Waals surface area (Å²) in [6, 6.07) is 12.9. The zero-order chi connectivity index (χ0) is 23.3. The van der Waals surface area contributed by atoms with Crippen molar-refractivity contribution in [3.63, 3.8) is 0 Å². The smallest absolute Gasteiger partial charge is 0.490 e. The normalized spacial score (nSPS) is 10.7. The summed E-state index contributed by atoms with van der Waals surface area (Å²) in [5.74, 6) is -2.70. The third kappa shape index (κ3) is 5.45. The fraction of sp³-hybridized carbons (Fsp3) is 0.150. The Labute approximate surface area is 173 Å². The predicted molar refractivity (Wildman–Crippen MR) is 104 cm³/mol. The number of ether oxygens (including phenoxy) is 1. The van der Waals surface area contributed by atoms with Crippen LogP contribution in [0.15, 0.2) is 36.4 Å². The van der Waals surface area contributed by atoms with E-state index in [2.05, 4.69) is 11.1 Å². The van der Waals surface area contributed by atoms with Gasteiger partial charge in [0, 0.05) is 10.9 Å². The third-order valence-corrected chi connectivity index (χ3v) is 4.15. The highest BCUT2D eigenvalue weighted by Gasteiger charge is 2.38. The van der Waals surface area contributed by atoms with Crippen LogP contribution in [0.2, 0.25) is 0 Å². The van der Waals surface area contributed by atoms with Gasteiger partial charge in [-0.1, -0.05) is 18.2 Å². The lowest BCUT2D eigenvalue weighted by Crippen LogP contribution is -2.21. The van der Waals surface area contributed by atoms with Gasteiger partial charge in [-0.2, -0.15) is 18.4 Å². The molecule has 2 aromatic carbocycles. The van der Waals surface area contributed by atoms with E-state index in [1.807, 2.05) is 12.1 Å². The van der Waals surface area contributed by atoms with Crippen molar-refractivity contribution in [1.82, 2.24) is 4.98 Å². The maximum atomic E-state index is 11.1. The number of fused-ring (bicyclic) bond motifs is 1. The minimum Gasteiger partial charge on any atom is -0.497 e. The molecule has 0 saturated carbocycles. The van der Waals surface area contributed by atoms with Crippen molar-refractivity contribution >= 4 is 28.7 Å². The molecule has 0 radical (unpaired) electrons. The summed E-state index contributed by atoms with van der Waals surface area (Å²) in [5, 5.41) is 26.2. The molecule has 0 bridgehead atoms. The summed E-state index contributed by atoms with van der Waals surface area (Å²) in [5.41, 5.74) is 9.23. The Morgan fingerprint density at radius 3 is 2.35 bits per heavy atom. The van der Waals surface area contributed by atoms with Crippen LogP contribution >= 0.6 is 0 Å². The van der Waals surface area contributed by atoms with Gasteiger partial charge in [0.2, 0.25) is 0 Å². The number of carboxylic acid groups (broad SMARTS) is 2. The number of carbonyl (C=O) groups is 2. The largest absolute Gasteiger partial charge is 0.497 e. The Bertz CT molecular complexity index is 1180. The highest BCUT2D eigenvalue weighted by molar-refractivity contribution is 5.94. The molecule has 3 aromatic rings. The summed E-state index contributed by atoms with van der Waals surface area (Å²) in [6.07, 6.45) is -5.17. The molecule has 3 rings (SSSR count). The van der Waals surface area contributed by atoms with E-state index >= 15 is 0 Å². The molecule has 11 heteroatoms. The SMILES string of the molecule is COc1ccc(CC(=O)O)c(-c2ccc3c(C#N)c(N)[nH]c3c2)c1.O=C(O)C(F)(F)F. The first-order chi connectivity index (χ1) is 14.5. The molecule has 0 unspecified atom stereocenters. The summed E-state index contributed by atoms with van der Waals surface area (Å²) in [4.78, 5) is 23.0. The Hall–Kier alpha value is -4.20. The molecule has 0 aliphatic heterocycles. The number of nitrogen functional groups attached to an aromatic ring is 1. The first-order valence-electron chi connectivity index (χ1n) is 8.48. The van der Waals surface area contributed by atoms with Gasteiger partial charge in [0.15, 0.2) is 0 Å². The van der Waals surface area contributed by atoms with Crippen LogP contribution in [0.5, 0.6) is 5.75 Å². The molecule has 1 aromatic heterocycles. The molecule has 0 atom stereocenters. The average molecular weight is 435 g/mol. The van der Waals surface area contributed by atoms with E-state index in [4.69, 9.17) is 25.5 Å². The first-order valence-corrected chi connectivity index (χ1v) is 8.48. The van der Waals surface area contributed by atoms with Gasteiger partial charge in [-0.25, -0.2) is 4.79 Å². The Morgan fingerprint density at radius 2 is 1.84 bits per heavy atom. The van der Waals surface area contributed by atoms with Crippen molar-refractivity contribution in [2.24, 2.45) is 0 Å². The molecule has 0 aliphatic carbocycles. The molecule has 0 amide bonds. The van der Waals surface area contributed by atoms with E-state index < -0.39 is 18.1 Å². The number of anilines is 1. The minimum atomic E-state index is -5.08. The van der Waals surface area contributed by atoms with Crippen molar-refractivity contribution in [2.45, 2.75) is 12.6 Å². The van der Waals surface area contributed by atoms with Crippen molar-refractivity contribution in [3.05, 3.63) is 47.5 Å². The van der Waals surface area contributed by atoms with E-state index in [-0.39, 0.29) is 6.42 Å². The van der Waals surface area contributed by atoms with E-state index in [0.717, 1.165) is 22.0 Å². The number of carboxylic acids is 2. The number of nitrogens with one attached hydrogen (secondary N) is 1. The van der Waals surface area contributed by atoms with Gasteiger partial charge < -0.3 is 25.7 Å². The fourth-order valence-electron chi connectivity index (χ4n) is 2.77. The predicted octanol–water partition coefficient (Wildman–Crippen LogP) is 3.56. The number of benzene rings is 2. The number of hydrogen-bond acceptors (Lipinski definition) is 5. The maximum absolute atomic E-state index is 11.1. The second-order valence-electron chi connectivity index (χ2n) is 6.18. The molecule has 0 spiro atoms. The van der Waals surface area contributed by atoms with Crippen molar-refractivity contribution < 1.29 is 37.7 Å². The molecular formula is C20H16F3N3O5. The Morgan fingerprint density at radius 1 is 1.19 bits per heavy atom. The van der Waals surface area contributed by atoms with E-state index in [9.17, 15) is 23.2 Å². The molecule has 0 fully saturated rings. The van der Waals surface area contributed by atoms with Gasteiger partial charge in [-0.3, -0.25) is 4.79 Å². The fourth-order valence-corrected chi connectivity index (χ4v) is 2.77. The molecule has 162 valence electrons. The van der Waals surface area contributed by atoms with E-state index in [0.29, 0.717) is 22.7 Å². The molecule has 1 heterocycles. The lowest BCUT2D eigenvalue weighted by atomic mass is 9.96. The van der Waals surface area contributed by atoms with Gasteiger partial charge in [0.05, 0.1) is 13.5 Å². The topological polar surface area (TPSA) is 149 Å². The van der Waals surface area contributed by atoms with E-state index in [1.54, 1.807) is 31.4 Å². The molecule has 31 heavy (non-hydrogen) atoms. The van der Waals surface area contributed by atoms with Gasteiger partial charge in [-0.15, -0.1) is 0 Å². The second-order valence-corrected chi connectivity index (χ2v) is 6.18. The lowest BCUT2D eigenvalue weighted by molar-refractivity contribution is -0.192. The monoisotopic (exact) mass is 435 g/mol. The third-order valence-electron chi connectivity index (χ3n) is 4.15. The average Bonchev–Trinajstić information content (AvgIpc) is 3.01. The molecule has 8 nitrogen and oxygen atoms in total. The van der Waals surface area contributed by atoms with Crippen molar-refractivity contribution in [1.29, 1.82) is 5.26 Å². The van der Waals surface area contributed by atoms with Crippen LogP contribution in [0, 0.1) is 11.3 Å². The van der Waals surface area contributed by atoms with Crippen LogP contribution in [0.4, 0.5) is 19.0 Å². The number of aromatic amines is 1. The van der Waals surface area contributed by atoms with Crippen molar-refractivity contribution in [3.8, 4) is 22.9 Å². The van der Waals surface area contributed by atoms with Crippen LogP contribution < -0.4 is 10.5 Å². The minimum absolute atomic E-state index is 0.0896. The number of hydrogen-bond donors (Lipinski definition) is 4. The lowest BCUT2D eigenvalue weighted by Gasteiger charge is -2.11. The van der Waals surface area contributed by atoms with Gasteiger partial charge in [0.1, 0.15) is 23.2 Å². The number of aliphatic carboxylic acids is 2. The Balaban J connectivity index is 0.000000423. The van der Waals surface area contributed by atoms with Gasteiger partial charge >= 0.3 is 18.1 Å². The van der Waals surface area contributed by atoms with E-state index in [1.165, 1.54) is 0 Å². The number of halogens is 3. The van der Waals surface area contributed by atoms with Crippen LogP contribution in [0.25, 0.3) is 22.0 Å². The maximum Gasteiger partial charge on any atom is 0.490 e. The zero-order valence-electron chi connectivity index (χ0n) is 15.9. The van der Waals surface area contributed by atoms with Gasteiger partial charge in [0.25, 0.3) is 0 Å². The van der Waals surface area contributed by atoms with Crippen LogP contribution in [0.1, 0.15) is 11.1 Å². The van der Waals surface area contributed by atoms with Crippen molar-refractivity contribution in [2.75, 3.05) is 12.8 Å². The van der Waals surface area contributed by atoms with Crippen LogP contribution in [-0.4, -0.2) is 40.4 Å². The number of nitrogens with zero attached hydrogens (tertiary/aromatic N) is 1. The number of H-pyrrole nitrogens is 1. The zero-order valence-corrected chi connectivity index (χ0v) is 15.9. The standard InChI is InChI=1S/C18H15N3O3.C2HF3O2/c1-24-12-4-2-11(7-17(22)23)14(8-12)10-3-5-13-15(9-19)18(20)21-16(13)6-10;3-2(4,5)1(6)7/h2-6,8,21H,7,20H2,1H3,(H,22,23);(H,6,7). The highest BCUT2D eigenvalue weighted by atomic mass is 19.4. The first kappa shape index (κ1) is 23.1. The second kappa shape index (κ2) is 9.08. The number of alkyl halides is 3. The Kier molecular flexibility index (Phi) is 6.76. The number of nitriles is 1. The molecule has 5 N–H and O–H groups in total. The van der Waals surface area contributed by atoms with Gasteiger partial charge in [-0.05, 0) is 34.9 Å².